The Morgan fingerprint density at radius 2 is 1.39 bits per heavy atom. The molecular weight excluding hydrogens is 434 g/mol. The normalized spacial score (nSPS) is 11.0. The fourth-order valence-corrected chi connectivity index (χ4v) is 4.54. The van der Waals surface area contributed by atoms with Crippen molar-refractivity contribution in [3.63, 3.8) is 0 Å². The van der Waals surface area contributed by atoms with Gasteiger partial charge in [-0.25, -0.2) is 4.79 Å². The van der Waals surface area contributed by atoms with Gasteiger partial charge in [-0.3, -0.25) is 0 Å². The average molecular weight is 462 g/mol. The van der Waals surface area contributed by atoms with Crippen LogP contribution in [0.5, 0.6) is 11.5 Å². The zero-order chi connectivity index (χ0) is 23.7. The van der Waals surface area contributed by atoms with Crippen LogP contribution < -0.4 is 9.47 Å². The molecule has 3 aromatic carbocycles. The van der Waals surface area contributed by atoms with E-state index < -0.39 is 14.5 Å². The van der Waals surface area contributed by atoms with Gasteiger partial charge in [-0.1, -0.05) is 24.3 Å². The molecule has 0 N–H and O–H groups in total. The smallest absolute Gasteiger partial charge is 0.343 e. The predicted molar refractivity (Wildman–Crippen MR) is 129 cm³/mol. The fraction of sp³-hybridized carbons (Fsp3) is 0.231. The van der Waals surface area contributed by atoms with Crippen molar-refractivity contribution in [1.82, 2.24) is 0 Å². The quantitative estimate of drug-likeness (QED) is 0.170. The van der Waals surface area contributed by atoms with E-state index >= 15 is 0 Å². The summed E-state index contributed by atoms with van der Waals surface area (Å²) in [5.41, 5.74) is 3.01. The van der Waals surface area contributed by atoms with Gasteiger partial charge < -0.3 is 18.3 Å². The maximum atomic E-state index is 12.5. The average Bonchev–Trinajstić information content (AvgIpc) is 2.87. The Morgan fingerprint density at radius 1 is 0.848 bits per heavy atom. The first-order valence-corrected chi connectivity index (χ1v) is 13.1. The summed E-state index contributed by atoms with van der Waals surface area (Å²) in [6.07, 6.45) is 0.826. The molecule has 7 heteroatoms. The molecule has 0 saturated carbocycles. The van der Waals surface area contributed by atoms with Crippen molar-refractivity contribution in [1.29, 1.82) is 5.26 Å². The molecule has 0 spiro atoms. The van der Waals surface area contributed by atoms with E-state index in [1.165, 1.54) is 0 Å². The van der Waals surface area contributed by atoms with Crippen molar-refractivity contribution in [2.45, 2.75) is 19.0 Å². The molecule has 170 valence electrons. The van der Waals surface area contributed by atoms with Crippen molar-refractivity contribution in [3.8, 4) is 28.7 Å². The zero-order valence-electron chi connectivity index (χ0n) is 19.0. The van der Waals surface area contributed by atoms with Crippen LogP contribution in [0.4, 0.5) is 0 Å². The molecule has 3 aromatic rings. The van der Waals surface area contributed by atoms with Gasteiger partial charge in [-0.15, -0.1) is 0 Å². The second kappa shape index (κ2) is 11.4. The molecule has 0 atom stereocenters. The Balaban J connectivity index is 1.51. The molecule has 0 unspecified atom stereocenters. The van der Waals surface area contributed by atoms with Crippen LogP contribution in [-0.2, 0) is 8.85 Å². The van der Waals surface area contributed by atoms with Crippen molar-refractivity contribution in [2.75, 3.05) is 20.8 Å². The zero-order valence-corrected chi connectivity index (χ0v) is 20.0. The summed E-state index contributed by atoms with van der Waals surface area (Å²) < 4.78 is 22.2. The van der Waals surface area contributed by atoms with Gasteiger partial charge in [0, 0.05) is 14.2 Å². The van der Waals surface area contributed by atoms with Crippen LogP contribution in [0.3, 0.4) is 0 Å². The van der Waals surface area contributed by atoms with Gasteiger partial charge in [0.05, 0.1) is 23.8 Å². The molecule has 0 aliphatic heterocycles. The van der Waals surface area contributed by atoms with Crippen LogP contribution in [0.2, 0.25) is 12.6 Å². The molecule has 0 aromatic heterocycles. The number of carbonyl (C=O) groups is 1. The van der Waals surface area contributed by atoms with Crippen LogP contribution >= 0.6 is 0 Å². The lowest BCUT2D eigenvalue weighted by atomic mass is 10.0. The number of hydrogen-bond donors (Lipinski definition) is 0. The molecule has 0 heterocycles. The van der Waals surface area contributed by atoms with E-state index in [9.17, 15) is 4.79 Å². The number of esters is 1. The van der Waals surface area contributed by atoms with Crippen LogP contribution in [0, 0.1) is 11.3 Å². The van der Waals surface area contributed by atoms with E-state index in [0.717, 1.165) is 23.6 Å². The summed E-state index contributed by atoms with van der Waals surface area (Å²) in [5, 5.41) is 8.91. The van der Waals surface area contributed by atoms with Gasteiger partial charge in [0.25, 0.3) is 0 Å². The molecule has 33 heavy (non-hydrogen) atoms. The predicted octanol–water partition coefficient (Wildman–Crippen LogP) is 5.58. The van der Waals surface area contributed by atoms with Crippen molar-refractivity contribution in [3.05, 3.63) is 83.9 Å². The van der Waals surface area contributed by atoms with Crippen molar-refractivity contribution >= 4 is 14.5 Å². The molecule has 0 fully saturated rings. The third-order valence-corrected chi connectivity index (χ3v) is 8.40. The number of hydrogen-bond acceptors (Lipinski definition) is 6. The molecule has 6 nitrogen and oxygen atoms in total. The Hall–Kier alpha value is -3.44. The highest BCUT2D eigenvalue weighted by Crippen LogP contribution is 2.24. The van der Waals surface area contributed by atoms with Gasteiger partial charge in [-0.05, 0) is 78.7 Å². The lowest BCUT2D eigenvalue weighted by Gasteiger charge is -2.22. The minimum Gasteiger partial charge on any atom is -0.494 e. The van der Waals surface area contributed by atoms with Gasteiger partial charge in [0.15, 0.2) is 0 Å². The lowest BCUT2D eigenvalue weighted by molar-refractivity contribution is 0.0734. The third-order valence-electron chi connectivity index (χ3n) is 5.41. The number of carbonyl (C=O) groups excluding carboxylic acids is 1. The first kappa shape index (κ1) is 24.2. The number of benzene rings is 3. The Bertz CT molecular complexity index is 1090. The minimum atomic E-state index is -2.08. The number of nitriles is 1. The summed E-state index contributed by atoms with van der Waals surface area (Å²) in [5.74, 6) is 0.715. The lowest BCUT2D eigenvalue weighted by Crippen LogP contribution is -2.36. The van der Waals surface area contributed by atoms with Gasteiger partial charge in [-0.2, -0.15) is 5.26 Å². The van der Waals surface area contributed by atoms with Crippen molar-refractivity contribution < 1.29 is 23.1 Å². The van der Waals surface area contributed by atoms with Crippen LogP contribution in [-0.4, -0.2) is 35.4 Å². The monoisotopic (exact) mass is 461 g/mol. The highest BCUT2D eigenvalue weighted by atomic mass is 28.4. The molecule has 0 aliphatic rings. The number of nitrogens with zero attached hydrogens (tertiary/aromatic N) is 1. The molecule has 0 amide bonds. The third kappa shape index (κ3) is 6.77. The van der Waals surface area contributed by atoms with Gasteiger partial charge in [0.1, 0.15) is 11.5 Å². The highest BCUT2D eigenvalue weighted by Gasteiger charge is 2.27. The minimum absolute atomic E-state index is 0.436. The molecule has 0 saturated heterocycles. The molecule has 3 rings (SSSR count). The molecular formula is C26H27NO5Si. The topological polar surface area (TPSA) is 77.8 Å². The number of ether oxygens (including phenoxy) is 2. The summed E-state index contributed by atoms with van der Waals surface area (Å²) in [7, 11) is 1.28. The summed E-state index contributed by atoms with van der Waals surface area (Å²) in [4.78, 5) is 12.5. The molecule has 0 aliphatic carbocycles. The maximum Gasteiger partial charge on any atom is 0.343 e. The van der Waals surface area contributed by atoms with E-state index in [1.54, 1.807) is 62.8 Å². The van der Waals surface area contributed by atoms with E-state index in [1.807, 2.05) is 30.8 Å². The summed E-state index contributed by atoms with van der Waals surface area (Å²) in [6.45, 7) is 2.57. The number of rotatable bonds is 10. The maximum absolute atomic E-state index is 12.5. The Kier molecular flexibility index (Phi) is 8.38. The van der Waals surface area contributed by atoms with E-state index in [2.05, 4.69) is 6.07 Å². The van der Waals surface area contributed by atoms with Crippen molar-refractivity contribution in [2.24, 2.45) is 0 Å². The molecule has 0 radical (unpaired) electrons. The van der Waals surface area contributed by atoms with E-state index in [0.29, 0.717) is 29.2 Å². The first-order valence-electron chi connectivity index (χ1n) is 10.6. The van der Waals surface area contributed by atoms with Gasteiger partial charge >= 0.3 is 14.5 Å². The SMILES string of the molecule is CO[Si](C)(CCCOc1ccc(C(=O)Oc2ccc(-c3ccc(C#N)cc3)cc2)cc1)OC. The molecule has 0 bridgehead atoms. The Morgan fingerprint density at radius 3 is 1.94 bits per heavy atom. The highest BCUT2D eigenvalue weighted by molar-refractivity contribution is 6.65. The summed E-state index contributed by atoms with van der Waals surface area (Å²) >= 11 is 0. The Labute approximate surface area is 195 Å². The second-order valence-corrected chi connectivity index (χ2v) is 11.2. The van der Waals surface area contributed by atoms with Crippen LogP contribution in [0.25, 0.3) is 11.1 Å². The van der Waals surface area contributed by atoms with Crippen LogP contribution in [0.15, 0.2) is 72.8 Å². The first-order chi connectivity index (χ1) is 16.0. The fourth-order valence-electron chi connectivity index (χ4n) is 3.18. The second-order valence-electron chi connectivity index (χ2n) is 7.62. The van der Waals surface area contributed by atoms with Crippen LogP contribution in [0.1, 0.15) is 22.3 Å². The summed E-state index contributed by atoms with van der Waals surface area (Å²) in [6, 6.07) is 24.4. The van der Waals surface area contributed by atoms with E-state index in [-0.39, 0.29) is 0 Å². The van der Waals surface area contributed by atoms with E-state index in [4.69, 9.17) is 23.6 Å². The largest absolute Gasteiger partial charge is 0.494 e. The standard InChI is InChI=1S/C26H27NO5Si/c1-29-33(3,30-2)18-4-17-31-24-13-11-23(12-14-24)26(28)32-25-15-9-22(10-16-25)21-7-5-20(19-27)6-8-21/h5-16H,4,17-18H2,1-3H3. The van der Waals surface area contributed by atoms with Gasteiger partial charge in [0.2, 0.25) is 0 Å².